The third kappa shape index (κ3) is 8.12. The van der Waals surface area contributed by atoms with E-state index >= 15 is 0 Å². The lowest BCUT2D eigenvalue weighted by atomic mass is 10.1. The lowest BCUT2D eigenvalue weighted by molar-refractivity contribution is -0.157. The summed E-state index contributed by atoms with van der Waals surface area (Å²) in [5.74, 6) is -0.132. The number of rotatable bonds is 11. The maximum atomic E-state index is 13.4. The third-order valence-corrected chi connectivity index (χ3v) is 6.83. The molecule has 0 radical (unpaired) electrons. The summed E-state index contributed by atoms with van der Waals surface area (Å²) in [6.07, 6.45) is 3.88. The highest BCUT2D eigenvalue weighted by atomic mass is 16.8. The molecule has 1 aliphatic carbocycles. The number of aliphatic hydroxyl groups is 1. The molecule has 12 heteroatoms. The fraction of sp³-hybridized carbons (Fsp3) is 0.536. The van der Waals surface area contributed by atoms with Gasteiger partial charge in [0.1, 0.15) is 17.8 Å². The molecule has 2 fully saturated rings. The van der Waals surface area contributed by atoms with Crippen molar-refractivity contribution in [2.45, 2.75) is 57.6 Å². The number of aromatic nitrogens is 2. The van der Waals surface area contributed by atoms with Crippen LogP contribution >= 0.6 is 0 Å². The van der Waals surface area contributed by atoms with E-state index in [4.69, 9.17) is 14.3 Å². The molecule has 1 atom stereocenters. The molecule has 2 aromatic rings. The van der Waals surface area contributed by atoms with Crippen LogP contribution in [-0.2, 0) is 14.4 Å². The molecule has 4 rings (SSSR count). The van der Waals surface area contributed by atoms with Crippen molar-refractivity contribution >= 4 is 18.0 Å². The Bertz CT molecular complexity index is 1140. The van der Waals surface area contributed by atoms with E-state index in [1.54, 1.807) is 11.8 Å². The standard InChI is InChI=1S/C28H37N5O7/c1-2-38-28(37)40-33-16-14-32(15-17-33)27(36)22(13-8-18-34)30-26(35)23-19-24(39-21-11-6-7-12-21)31-25(29-23)20-9-4-3-5-10-20/h3-5,9-10,19,21-22,34H,2,6-8,11-18H2,1H3,(H,30,35)/t22-/m0/s1. The van der Waals surface area contributed by atoms with Crippen LogP contribution in [0.4, 0.5) is 4.79 Å². The van der Waals surface area contributed by atoms with Gasteiger partial charge in [0.2, 0.25) is 11.8 Å². The van der Waals surface area contributed by atoms with Gasteiger partial charge < -0.3 is 29.6 Å². The molecule has 1 aromatic heterocycles. The highest BCUT2D eigenvalue weighted by Crippen LogP contribution is 2.25. The lowest BCUT2D eigenvalue weighted by Crippen LogP contribution is -2.55. The smallest absolute Gasteiger partial charge is 0.474 e. The summed E-state index contributed by atoms with van der Waals surface area (Å²) in [5, 5.41) is 13.7. The van der Waals surface area contributed by atoms with Crippen molar-refractivity contribution in [2.24, 2.45) is 0 Å². The largest absolute Gasteiger partial charge is 0.527 e. The van der Waals surface area contributed by atoms with Gasteiger partial charge in [0.15, 0.2) is 5.82 Å². The van der Waals surface area contributed by atoms with Gasteiger partial charge in [-0.15, -0.1) is 5.06 Å². The number of nitrogens with zero attached hydrogens (tertiary/aromatic N) is 4. The molecule has 2 heterocycles. The summed E-state index contributed by atoms with van der Waals surface area (Å²) in [7, 11) is 0. The number of carbonyl (C=O) groups excluding carboxylic acids is 3. The molecule has 1 aliphatic heterocycles. The predicted octanol–water partition coefficient (Wildman–Crippen LogP) is 2.57. The Kier molecular flexibility index (Phi) is 10.6. The second-order valence-electron chi connectivity index (χ2n) is 9.73. The number of nitrogens with one attached hydrogen (secondary N) is 1. The summed E-state index contributed by atoms with van der Waals surface area (Å²) in [6.45, 7) is 2.98. The van der Waals surface area contributed by atoms with E-state index in [1.807, 2.05) is 30.3 Å². The van der Waals surface area contributed by atoms with Gasteiger partial charge in [0.25, 0.3) is 5.91 Å². The van der Waals surface area contributed by atoms with E-state index in [2.05, 4.69) is 15.3 Å². The fourth-order valence-electron chi connectivity index (χ4n) is 4.75. The number of hydrogen-bond donors (Lipinski definition) is 2. The van der Waals surface area contributed by atoms with Crippen molar-refractivity contribution in [3.05, 3.63) is 42.1 Å². The van der Waals surface area contributed by atoms with E-state index in [1.165, 1.54) is 11.1 Å². The van der Waals surface area contributed by atoms with Crippen LogP contribution in [0.25, 0.3) is 11.4 Å². The zero-order valence-electron chi connectivity index (χ0n) is 22.8. The Morgan fingerprint density at radius 3 is 2.48 bits per heavy atom. The molecule has 1 saturated carbocycles. The fourth-order valence-corrected chi connectivity index (χ4v) is 4.75. The lowest BCUT2D eigenvalue weighted by Gasteiger charge is -2.35. The maximum Gasteiger partial charge on any atom is 0.527 e. The van der Waals surface area contributed by atoms with Crippen molar-refractivity contribution in [1.82, 2.24) is 25.2 Å². The Hall–Kier alpha value is -3.77. The minimum absolute atomic E-state index is 0.0415. The van der Waals surface area contributed by atoms with E-state index in [-0.39, 0.29) is 37.3 Å². The first-order valence-corrected chi connectivity index (χ1v) is 13.9. The van der Waals surface area contributed by atoms with Crippen LogP contribution in [0.3, 0.4) is 0 Å². The number of piperazine rings is 1. The van der Waals surface area contributed by atoms with Gasteiger partial charge in [0.05, 0.1) is 19.7 Å². The van der Waals surface area contributed by atoms with Crippen LogP contribution < -0.4 is 10.1 Å². The third-order valence-electron chi connectivity index (χ3n) is 6.83. The zero-order valence-corrected chi connectivity index (χ0v) is 22.8. The minimum atomic E-state index is -0.869. The van der Waals surface area contributed by atoms with Gasteiger partial charge in [-0.2, -0.15) is 4.98 Å². The average molecular weight is 556 g/mol. The quantitative estimate of drug-likeness (QED) is 0.397. The Morgan fingerprint density at radius 2 is 1.80 bits per heavy atom. The molecule has 2 N–H and O–H groups in total. The van der Waals surface area contributed by atoms with E-state index in [0.29, 0.717) is 44.3 Å². The predicted molar refractivity (Wildman–Crippen MR) is 144 cm³/mol. The van der Waals surface area contributed by atoms with Gasteiger partial charge in [0, 0.05) is 31.3 Å². The van der Waals surface area contributed by atoms with Gasteiger partial charge in [-0.05, 0) is 45.4 Å². The van der Waals surface area contributed by atoms with Gasteiger partial charge in [-0.3, -0.25) is 9.59 Å². The van der Waals surface area contributed by atoms with Crippen molar-refractivity contribution in [2.75, 3.05) is 39.4 Å². The Morgan fingerprint density at radius 1 is 1.07 bits per heavy atom. The molecular weight excluding hydrogens is 518 g/mol. The van der Waals surface area contributed by atoms with Crippen molar-refractivity contribution in [1.29, 1.82) is 0 Å². The van der Waals surface area contributed by atoms with Gasteiger partial charge in [-0.1, -0.05) is 30.3 Å². The van der Waals surface area contributed by atoms with Crippen LogP contribution in [0.5, 0.6) is 5.88 Å². The number of hydrogen-bond acceptors (Lipinski definition) is 10. The molecular formula is C28H37N5O7. The first kappa shape index (κ1) is 29.2. The molecule has 1 aromatic carbocycles. The number of amides is 2. The first-order valence-electron chi connectivity index (χ1n) is 13.9. The van der Waals surface area contributed by atoms with Crippen molar-refractivity contribution < 1.29 is 33.8 Å². The molecule has 2 amide bonds. The van der Waals surface area contributed by atoms with Gasteiger partial charge in [-0.25, -0.2) is 9.78 Å². The van der Waals surface area contributed by atoms with Crippen LogP contribution in [0.15, 0.2) is 36.4 Å². The second-order valence-corrected chi connectivity index (χ2v) is 9.73. The van der Waals surface area contributed by atoms with Crippen LogP contribution in [0.1, 0.15) is 55.9 Å². The first-order chi connectivity index (χ1) is 19.5. The van der Waals surface area contributed by atoms with Gasteiger partial charge >= 0.3 is 6.16 Å². The van der Waals surface area contributed by atoms with Crippen LogP contribution in [0.2, 0.25) is 0 Å². The number of benzene rings is 1. The minimum Gasteiger partial charge on any atom is -0.474 e. The molecule has 216 valence electrons. The molecule has 0 bridgehead atoms. The molecule has 2 aliphatic rings. The van der Waals surface area contributed by atoms with Crippen LogP contribution in [0, 0.1) is 0 Å². The van der Waals surface area contributed by atoms with Crippen LogP contribution in [-0.4, -0.2) is 94.5 Å². The zero-order chi connectivity index (χ0) is 28.3. The normalized spacial score (nSPS) is 16.8. The number of aliphatic hydroxyl groups excluding tert-OH is 1. The topological polar surface area (TPSA) is 143 Å². The molecule has 0 spiro atoms. The molecule has 0 unspecified atom stereocenters. The summed E-state index contributed by atoms with van der Waals surface area (Å²) in [4.78, 5) is 54.2. The van der Waals surface area contributed by atoms with E-state index in [9.17, 15) is 19.5 Å². The summed E-state index contributed by atoms with van der Waals surface area (Å²) in [6, 6.07) is 9.97. The Labute approximate surface area is 233 Å². The summed E-state index contributed by atoms with van der Waals surface area (Å²) >= 11 is 0. The number of hydroxylamine groups is 2. The summed E-state index contributed by atoms with van der Waals surface area (Å²) in [5.41, 5.74) is 0.834. The number of ether oxygens (including phenoxy) is 2. The number of carbonyl (C=O) groups is 3. The molecule has 40 heavy (non-hydrogen) atoms. The van der Waals surface area contributed by atoms with E-state index in [0.717, 1.165) is 31.2 Å². The monoisotopic (exact) mass is 555 g/mol. The highest BCUT2D eigenvalue weighted by Gasteiger charge is 2.30. The van der Waals surface area contributed by atoms with Crippen molar-refractivity contribution in [3.63, 3.8) is 0 Å². The SMILES string of the molecule is CCOC(=O)ON1CCN(C(=O)[C@H](CCCO)NC(=O)c2cc(OC3CCCC3)nc(-c3ccccc3)n2)CC1. The molecule has 12 nitrogen and oxygen atoms in total. The van der Waals surface area contributed by atoms with Crippen molar-refractivity contribution in [3.8, 4) is 17.3 Å². The average Bonchev–Trinajstić information content (AvgIpc) is 3.48. The Balaban J connectivity index is 1.47. The molecule has 1 saturated heterocycles. The second kappa shape index (κ2) is 14.6. The van der Waals surface area contributed by atoms with E-state index < -0.39 is 18.1 Å². The summed E-state index contributed by atoms with van der Waals surface area (Å²) < 4.78 is 10.9. The maximum absolute atomic E-state index is 13.4. The highest BCUT2D eigenvalue weighted by molar-refractivity contribution is 5.96.